The van der Waals surface area contributed by atoms with Crippen molar-refractivity contribution in [2.45, 2.75) is 38.4 Å². The molecule has 0 aliphatic heterocycles. The van der Waals surface area contributed by atoms with E-state index in [4.69, 9.17) is 5.84 Å². The number of hydrogen-bond acceptors (Lipinski definition) is 2. The van der Waals surface area contributed by atoms with Crippen LogP contribution < -0.4 is 11.3 Å². The third-order valence-electron chi connectivity index (χ3n) is 2.69. The van der Waals surface area contributed by atoms with Crippen LogP contribution in [0.2, 0.25) is 0 Å². The molecule has 1 rings (SSSR count). The first-order valence-electron chi connectivity index (χ1n) is 5.63. The summed E-state index contributed by atoms with van der Waals surface area (Å²) in [4.78, 5) is 0. The second-order valence-electron chi connectivity index (χ2n) is 3.95. The fourth-order valence-electron chi connectivity index (χ4n) is 1.80. The summed E-state index contributed by atoms with van der Waals surface area (Å²) in [5.41, 5.74) is 2.07. The largest absolute Gasteiger partial charge is 0.416 e. The van der Waals surface area contributed by atoms with Crippen LogP contribution in [-0.4, -0.2) is 0 Å². The molecule has 1 aromatic carbocycles. The Kier molecular flexibility index (Phi) is 4.96. The van der Waals surface area contributed by atoms with Gasteiger partial charge >= 0.3 is 6.18 Å². The Morgan fingerprint density at radius 1 is 1.29 bits per heavy atom. The molecule has 0 aromatic heterocycles. The van der Waals surface area contributed by atoms with Crippen molar-refractivity contribution in [2.24, 2.45) is 5.84 Å². The predicted octanol–water partition coefficient (Wildman–Crippen LogP) is 3.40. The molecule has 1 atom stereocenters. The third kappa shape index (κ3) is 3.71. The first kappa shape index (κ1) is 14.0. The van der Waals surface area contributed by atoms with Crippen LogP contribution >= 0.6 is 0 Å². The van der Waals surface area contributed by atoms with E-state index in [1.165, 1.54) is 12.1 Å². The molecule has 0 saturated carbocycles. The number of nitrogens with one attached hydrogen (secondary N) is 1. The molecule has 2 nitrogen and oxygen atoms in total. The van der Waals surface area contributed by atoms with Gasteiger partial charge in [0.25, 0.3) is 0 Å². The molecule has 0 aliphatic carbocycles. The maximum Gasteiger partial charge on any atom is 0.416 e. The molecule has 0 fully saturated rings. The molecule has 1 aromatic rings. The number of rotatable bonds is 5. The highest BCUT2D eigenvalue weighted by Crippen LogP contribution is 2.35. The van der Waals surface area contributed by atoms with Crippen LogP contribution in [0.15, 0.2) is 24.3 Å². The average molecular weight is 246 g/mol. The Hall–Kier alpha value is -1.07. The lowest BCUT2D eigenvalue weighted by Crippen LogP contribution is -2.29. The predicted molar refractivity (Wildman–Crippen MR) is 61.0 cm³/mol. The highest BCUT2D eigenvalue weighted by atomic mass is 19.4. The first-order chi connectivity index (χ1) is 8.00. The lowest BCUT2D eigenvalue weighted by molar-refractivity contribution is -0.138. The maximum absolute atomic E-state index is 12.8. The number of hydrazine groups is 1. The molecule has 1 unspecified atom stereocenters. The van der Waals surface area contributed by atoms with E-state index in [-0.39, 0.29) is 5.56 Å². The molecule has 17 heavy (non-hydrogen) atoms. The monoisotopic (exact) mass is 246 g/mol. The molecule has 0 aliphatic rings. The van der Waals surface area contributed by atoms with Crippen molar-refractivity contribution in [3.8, 4) is 0 Å². The standard InChI is InChI=1S/C12H17F3N2/c1-2-3-8-11(17-16)9-6-4-5-7-10(9)12(13,14)15/h4-7,11,17H,2-3,8,16H2,1H3. The molecule has 3 N–H and O–H groups in total. The van der Waals surface area contributed by atoms with E-state index in [9.17, 15) is 13.2 Å². The number of benzene rings is 1. The second kappa shape index (κ2) is 6.02. The van der Waals surface area contributed by atoms with E-state index >= 15 is 0 Å². The number of halogens is 3. The minimum atomic E-state index is -4.34. The summed E-state index contributed by atoms with van der Waals surface area (Å²) in [5.74, 6) is 5.34. The summed E-state index contributed by atoms with van der Waals surface area (Å²) in [5, 5.41) is 0. The van der Waals surface area contributed by atoms with Crippen molar-refractivity contribution in [1.82, 2.24) is 5.43 Å². The Bertz CT molecular complexity index is 350. The summed E-state index contributed by atoms with van der Waals surface area (Å²) in [6.07, 6.45) is -1.98. The van der Waals surface area contributed by atoms with Crippen LogP contribution in [0.3, 0.4) is 0 Å². The first-order valence-corrected chi connectivity index (χ1v) is 5.63. The minimum absolute atomic E-state index is 0.218. The van der Waals surface area contributed by atoms with Crippen molar-refractivity contribution < 1.29 is 13.2 Å². The van der Waals surface area contributed by atoms with E-state index in [0.29, 0.717) is 6.42 Å². The Labute approximate surface area is 99.0 Å². The Morgan fingerprint density at radius 3 is 2.47 bits per heavy atom. The second-order valence-corrected chi connectivity index (χ2v) is 3.95. The van der Waals surface area contributed by atoms with E-state index < -0.39 is 17.8 Å². The van der Waals surface area contributed by atoms with Crippen LogP contribution in [0.4, 0.5) is 13.2 Å². The van der Waals surface area contributed by atoms with Crippen molar-refractivity contribution in [1.29, 1.82) is 0 Å². The molecule has 0 heterocycles. The van der Waals surface area contributed by atoms with Gasteiger partial charge in [-0.25, -0.2) is 0 Å². The fraction of sp³-hybridized carbons (Fsp3) is 0.500. The summed E-state index contributed by atoms with van der Waals surface area (Å²) >= 11 is 0. The molecule has 96 valence electrons. The number of alkyl halides is 3. The molecular weight excluding hydrogens is 229 g/mol. The van der Waals surface area contributed by atoms with Crippen molar-refractivity contribution in [2.75, 3.05) is 0 Å². The lowest BCUT2D eigenvalue weighted by atomic mass is 9.96. The highest BCUT2D eigenvalue weighted by Gasteiger charge is 2.34. The summed E-state index contributed by atoms with van der Waals surface area (Å²) in [6, 6.07) is 5.10. The van der Waals surface area contributed by atoms with Gasteiger partial charge in [-0.1, -0.05) is 38.0 Å². The van der Waals surface area contributed by atoms with Crippen LogP contribution in [0, 0.1) is 0 Å². The van der Waals surface area contributed by atoms with Crippen molar-refractivity contribution in [3.63, 3.8) is 0 Å². The average Bonchev–Trinajstić information content (AvgIpc) is 2.29. The normalized spacial score (nSPS) is 13.7. The molecule has 0 spiro atoms. The minimum Gasteiger partial charge on any atom is -0.271 e. The van der Waals surface area contributed by atoms with E-state index in [2.05, 4.69) is 5.43 Å². The van der Waals surface area contributed by atoms with Gasteiger partial charge in [-0.3, -0.25) is 11.3 Å². The van der Waals surface area contributed by atoms with Crippen LogP contribution in [0.25, 0.3) is 0 Å². The number of unbranched alkanes of at least 4 members (excludes halogenated alkanes) is 1. The van der Waals surface area contributed by atoms with Gasteiger partial charge in [0.1, 0.15) is 0 Å². The van der Waals surface area contributed by atoms with Gasteiger partial charge in [-0.2, -0.15) is 13.2 Å². The third-order valence-corrected chi connectivity index (χ3v) is 2.69. The summed E-state index contributed by atoms with van der Waals surface area (Å²) < 4.78 is 38.4. The quantitative estimate of drug-likeness (QED) is 0.617. The Morgan fingerprint density at radius 2 is 1.94 bits per heavy atom. The van der Waals surface area contributed by atoms with Gasteiger partial charge in [-0.05, 0) is 18.1 Å². The molecule has 0 amide bonds. The molecule has 0 saturated heterocycles. The van der Waals surface area contributed by atoms with E-state index in [0.717, 1.165) is 18.9 Å². The topological polar surface area (TPSA) is 38.0 Å². The van der Waals surface area contributed by atoms with E-state index in [1.807, 2.05) is 6.92 Å². The smallest absolute Gasteiger partial charge is 0.271 e. The number of nitrogens with two attached hydrogens (primary N) is 1. The maximum atomic E-state index is 12.8. The highest BCUT2D eigenvalue weighted by molar-refractivity contribution is 5.32. The zero-order valence-electron chi connectivity index (χ0n) is 9.72. The van der Waals surface area contributed by atoms with Crippen LogP contribution in [-0.2, 0) is 6.18 Å². The summed E-state index contributed by atoms with van der Waals surface area (Å²) in [7, 11) is 0. The molecular formula is C12H17F3N2. The molecule has 5 heteroatoms. The van der Waals surface area contributed by atoms with Crippen molar-refractivity contribution >= 4 is 0 Å². The van der Waals surface area contributed by atoms with Gasteiger partial charge in [-0.15, -0.1) is 0 Å². The van der Waals surface area contributed by atoms with Gasteiger partial charge in [0.15, 0.2) is 0 Å². The fourth-order valence-corrected chi connectivity index (χ4v) is 1.80. The zero-order valence-corrected chi connectivity index (χ0v) is 9.72. The number of hydrogen-bond donors (Lipinski definition) is 2. The van der Waals surface area contributed by atoms with Gasteiger partial charge in [0.2, 0.25) is 0 Å². The van der Waals surface area contributed by atoms with Gasteiger partial charge in [0, 0.05) is 6.04 Å². The molecule has 0 bridgehead atoms. The van der Waals surface area contributed by atoms with Gasteiger partial charge < -0.3 is 0 Å². The Balaban J connectivity index is 3.02. The van der Waals surface area contributed by atoms with Gasteiger partial charge in [0.05, 0.1) is 5.56 Å². The van der Waals surface area contributed by atoms with E-state index in [1.54, 1.807) is 6.07 Å². The van der Waals surface area contributed by atoms with Crippen LogP contribution in [0.5, 0.6) is 0 Å². The lowest BCUT2D eigenvalue weighted by Gasteiger charge is -2.20. The summed E-state index contributed by atoms with van der Waals surface area (Å²) in [6.45, 7) is 1.99. The van der Waals surface area contributed by atoms with Crippen molar-refractivity contribution in [3.05, 3.63) is 35.4 Å². The van der Waals surface area contributed by atoms with Crippen LogP contribution in [0.1, 0.15) is 43.4 Å². The molecule has 0 radical (unpaired) electrons. The SMILES string of the molecule is CCCCC(NN)c1ccccc1C(F)(F)F. The zero-order chi connectivity index (χ0) is 12.9.